The third kappa shape index (κ3) is 5.04. The first-order valence-electron chi connectivity index (χ1n) is 7.50. The topological polar surface area (TPSA) is 64.4 Å². The molecule has 0 saturated carbocycles. The van der Waals surface area contributed by atoms with Crippen molar-refractivity contribution in [3.8, 4) is 17.2 Å². The molecule has 0 fully saturated rings. The van der Waals surface area contributed by atoms with E-state index in [-0.39, 0.29) is 5.84 Å². The van der Waals surface area contributed by atoms with Crippen LogP contribution in [0.15, 0.2) is 28.2 Å². The molecule has 2 rings (SSSR count). The van der Waals surface area contributed by atoms with E-state index in [1.54, 1.807) is 18.2 Å². The molecule has 0 radical (unpaired) electrons. The van der Waals surface area contributed by atoms with Gasteiger partial charge in [-0.15, -0.1) is 0 Å². The predicted molar refractivity (Wildman–Crippen MR) is 118 cm³/mol. The van der Waals surface area contributed by atoms with Gasteiger partial charge in [-0.05, 0) is 23.8 Å². The predicted octanol–water partition coefficient (Wildman–Crippen LogP) is 5.19. The Morgan fingerprint density at radius 2 is 1.54 bits per heavy atom. The fourth-order valence-corrected chi connectivity index (χ4v) is 3.04. The highest BCUT2D eigenvalue weighted by Gasteiger charge is 2.49. The Bertz CT molecular complexity index is 792. The number of ether oxygens (including phenoxy) is 3. The third-order valence-electron chi connectivity index (χ3n) is 3.63. The van der Waals surface area contributed by atoms with E-state index < -0.39 is 13.2 Å². The minimum absolute atomic E-state index is 0.0478. The highest BCUT2D eigenvalue weighted by atomic mass is 35.6. The number of benzene rings is 1. The number of hydrogen-bond donors (Lipinski definition) is 1. The van der Waals surface area contributed by atoms with Crippen LogP contribution in [-0.4, -0.2) is 46.8 Å². The van der Waals surface area contributed by atoms with Gasteiger partial charge in [0.2, 0.25) is 19.0 Å². The van der Waals surface area contributed by atoms with Crippen LogP contribution in [0, 0.1) is 0 Å². The van der Waals surface area contributed by atoms with Gasteiger partial charge in [-0.25, -0.2) is 9.98 Å². The maximum atomic E-state index is 6.15. The molecule has 1 atom stereocenters. The molecular weight excluding hydrogens is 495 g/mol. The van der Waals surface area contributed by atoms with Gasteiger partial charge < -0.3 is 19.5 Å². The molecule has 1 aliphatic rings. The molecule has 1 aromatic carbocycles. The van der Waals surface area contributed by atoms with Crippen LogP contribution in [0.5, 0.6) is 17.2 Å². The van der Waals surface area contributed by atoms with Crippen LogP contribution in [0.2, 0.25) is 0 Å². The van der Waals surface area contributed by atoms with E-state index in [0.717, 1.165) is 0 Å². The lowest BCUT2D eigenvalue weighted by Crippen LogP contribution is -2.47. The minimum Gasteiger partial charge on any atom is -0.493 e. The Morgan fingerprint density at radius 1 is 0.964 bits per heavy atom. The normalized spacial score (nSPS) is 20.0. The molecule has 1 heterocycles. The summed E-state index contributed by atoms with van der Waals surface area (Å²) in [4.78, 5) is 8.39. The number of rotatable bonds is 5. The van der Waals surface area contributed by atoms with E-state index in [1.165, 1.54) is 33.7 Å². The zero-order valence-corrected chi connectivity index (χ0v) is 19.3. The average Bonchev–Trinajstić information content (AvgIpc) is 2.64. The van der Waals surface area contributed by atoms with Crippen LogP contribution in [0.25, 0.3) is 6.08 Å². The van der Waals surface area contributed by atoms with Crippen molar-refractivity contribution in [1.82, 2.24) is 5.32 Å². The van der Waals surface area contributed by atoms with Crippen molar-refractivity contribution in [3.63, 3.8) is 0 Å². The number of methoxy groups -OCH3 is 3. The molecule has 1 N–H and O–H groups in total. The monoisotopic (exact) mass is 507 g/mol. The van der Waals surface area contributed by atoms with Crippen molar-refractivity contribution in [2.45, 2.75) is 13.2 Å². The van der Waals surface area contributed by atoms with E-state index in [1.807, 2.05) is 0 Å². The highest BCUT2D eigenvalue weighted by Crippen LogP contribution is 2.46. The molecule has 28 heavy (non-hydrogen) atoms. The summed E-state index contributed by atoms with van der Waals surface area (Å²) < 4.78 is 12.1. The summed E-state index contributed by atoms with van der Waals surface area (Å²) in [6.07, 6.45) is 4.33. The zero-order chi connectivity index (χ0) is 21.2. The van der Waals surface area contributed by atoms with Gasteiger partial charge in [-0.3, -0.25) is 0 Å². The van der Waals surface area contributed by atoms with Gasteiger partial charge in [0.1, 0.15) is 0 Å². The zero-order valence-electron chi connectivity index (χ0n) is 14.8. The number of amidine groups is 1. The maximum Gasteiger partial charge on any atom is 0.247 e. The molecule has 1 aliphatic heterocycles. The molecule has 12 heteroatoms. The summed E-state index contributed by atoms with van der Waals surface area (Å²) in [5.74, 6) is 1.29. The van der Waals surface area contributed by atoms with Gasteiger partial charge in [0.15, 0.2) is 17.3 Å². The molecule has 0 amide bonds. The fourth-order valence-electron chi connectivity index (χ4n) is 2.29. The second-order valence-corrected chi connectivity index (χ2v) is 9.94. The van der Waals surface area contributed by atoms with Crippen LogP contribution < -0.4 is 19.5 Å². The smallest absolute Gasteiger partial charge is 0.247 e. The van der Waals surface area contributed by atoms with Crippen LogP contribution in [-0.2, 0) is 0 Å². The fraction of sp³-hybridized carbons (Fsp3) is 0.375. The van der Waals surface area contributed by atoms with Gasteiger partial charge in [0, 0.05) is 0 Å². The summed E-state index contributed by atoms with van der Waals surface area (Å²) in [7, 11) is 4.51. The summed E-state index contributed by atoms with van der Waals surface area (Å²) in [6, 6.07) is 3.41. The largest absolute Gasteiger partial charge is 0.493 e. The number of nitrogens with one attached hydrogen (secondary N) is 1. The van der Waals surface area contributed by atoms with Crippen LogP contribution >= 0.6 is 69.6 Å². The molecule has 0 spiro atoms. The molecule has 1 aromatic rings. The number of nitrogens with zero attached hydrogens (tertiary/aromatic N) is 2. The third-order valence-corrected chi connectivity index (χ3v) is 5.00. The first-order chi connectivity index (χ1) is 13.0. The van der Waals surface area contributed by atoms with E-state index in [2.05, 4.69) is 15.3 Å². The Kier molecular flexibility index (Phi) is 7.51. The Hall–Kier alpha value is -0.760. The number of hydrogen-bond acceptors (Lipinski definition) is 6. The summed E-state index contributed by atoms with van der Waals surface area (Å²) in [6.45, 7) is 0. The lowest BCUT2D eigenvalue weighted by atomic mass is 10.1. The van der Waals surface area contributed by atoms with Gasteiger partial charge >= 0.3 is 0 Å². The molecule has 154 valence electrons. The van der Waals surface area contributed by atoms with E-state index >= 15 is 0 Å². The molecule has 0 saturated heterocycles. The molecule has 0 aliphatic carbocycles. The van der Waals surface area contributed by atoms with Crippen molar-refractivity contribution in [2.24, 2.45) is 9.98 Å². The van der Waals surface area contributed by atoms with Crippen molar-refractivity contribution in [3.05, 3.63) is 23.8 Å². The number of halogens is 6. The number of alkyl halides is 6. The second-order valence-electron chi connectivity index (χ2n) is 5.38. The summed E-state index contributed by atoms with van der Waals surface area (Å²) in [5.41, 5.74) is -1.04. The second kappa shape index (κ2) is 8.94. The first kappa shape index (κ1) is 23.5. The van der Waals surface area contributed by atoms with Crippen molar-refractivity contribution in [2.75, 3.05) is 21.3 Å². The van der Waals surface area contributed by atoms with Crippen molar-refractivity contribution in [1.29, 1.82) is 0 Å². The standard InChI is InChI=1S/C16H15Cl6N3O3/c1-26-10-6-9(7-11(27-2)12(10)28-3)4-5-14(16(20,21)22)24-8-23-13(25-14)15(17,18)19/h4-8H,1-3H3,(H,23,24,25). The van der Waals surface area contributed by atoms with Gasteiger partial charge in [-0.2, -0.15) is 0 Å². The minimum atomic E-state index is -1.98. The van der Waals surface area contributed by atoms with Crippen molar-refractivity contribution < 1.29 is 14.2 Å². The van der Waals surface area contributed by atoms with E-state index in [0.29, 0.717) is 22.8 Å². The van der Waals surface area contributed by atoms with Gasteiger partial charge in [0.05, 0.1) is 27.7 Å². The Morgan fingerprint density at radius 3 is 1.96 bits per heavy atom. The Balaban J connectivity index is 2.56. The molecular formula is C16H15Cl6N3O3. The van der Waals surface area contributed by atoms with Gasteiger partial charge in [-0.1, -0.05) is 75.7 Å². The van der Waals surface area contributed by atoms with Crippen LogP contribution in [0.4, 0.5) is 0 Å². The first-order valence-corrected chi connectivity index (χ1v) is 9.77. The Labute approximate surface area is 192 Å². The lowest BCUT2D eigenvalue weighted by Gasteiger charge is -2.33. The quantitative estimate of drug-likeness (QED) is 0.555. The maximum absolute atomic E-state index is 6.15. The van der Waals surface area contributed by atoms with Crippen LogP contribution in [0.3, 0.4) is 0 Å². The van der Waals surface area contributed by atoms with E-state index in [4.69, 9.17) is 83.8 Å². The lowest BCUT2D eigenvalue weighted by molar-refractivity contribution is 0.324. The van der Waals surface area contributed by atoms with Gasteiger partial charge in [0.25, 0.3) is 0 Å². The average molecular weight is 510 g/mol. The van der Waals surface area contributed by atoms with E-state index in [9.17, 15) is 0 Å². The number of aliphatic imine (C=N–C) groups is 2. The molecule has 0 bridgehead atoms. The summed E-state index contributed by atoms with van der Waals surface area (Å²) in [5, 5.41) is 2.63. The van der Waals surface area contributed by atoms with Crippen LogP contribution in [0.1, 0.15) is 5.56 Å². The highest BCUT2D eigenvalue weighted by molar-refractivity contribution is 6.77. The molecule has 1 unspecified atom stereocenters. The molecule has 0 aromatic heterocycles. The van der Waals surface area contributed by atoms with Crippen molar-refractivity contribution >= 4 is 87.9 Å². The summed E-state index contributed by atoms with van der Waals surface area (Å²) >= 11 is 36.1. The molecule has 6 nitrogen and oxygen atoms in total. The SMILES string of the molecule is COc1cc(C=CC2(C(Cl)(Cl)Cl)N=CNC(C(Cl)(Cl)Cl)=N2)cc(OC)c1OC.